The number of carbonyl (C=O) groups excluding carboxylic acids is 1. The number of nitrogens with zero attached hydrogens (tertiary/aromatic N) is 3. The van der Waals surface area contributed by atoms with Gasteiger partial charge in [-0.3, -0.25) is 4.79 Å². The van der Waals surface area contributed by atoms with E-state index < -0.39 is 0 Å². The number of para-hydroxylation sites is 1. The van der Waals surface area contributed by atoms with E-state index in [-0.39, 0.29) is 17.6 Å². The van der Waals surface area contributed by atoms with Crippen molar-refractivity contribution in [2.75, 3.05) is 20.2 Å². The maximum Gasteiger partial charge on any atom is 0.258 e. The molecule has 1 unspecified atom stereocenters. The van der Waals surface area contributed by atoms with Gasteiger partial charge in [0.15, 0.2) is 5.82 Å². The molecule has 1 aliphatic heterocycles. The fourth-order valence-corrected chi connectivity index (χ4v) is 3.86. The molecule has 3 aromatic rings. The first-order chi connectivity index (χ1) is 14.6. The number of hydrogen-bond acceptors (Lipinski definition) is 5. The van der Waals surface area contributed by atoms with Crippen molar-refractivity contribution in [2.45, 2.75) is 31.6 Å². The van der Waals surface area contributed by atoms with Crippen molar-refractivity contribution in [2.24, 2.45) is 0 Å². The Labute approximate surface area is 174 Å². The van der Waals surface area contributed by atoms with E-state index in [1.54, 1.807) is 19.2 Å². The lowest BCUT2D eigenvalue weighted by atomic mass is 9.96. The van der Waals surface area contributed by atoms with Crippen LogP contribution in [0.1, 0.15) is 36.6 Å². The Balaban J connectivity index is 1.39. The molecule has 1 atom stereocenters. The van der Waals surface area contributed by atoms with Crippen LogP contribution in [-0.2, 0) is 11.2 Å². The predicted octanol–water partition coefficient (Wildman–Crippen LogP) is 4.22. The highest BCUT2D eigenvalue weighted by Gasteiger charge is 2.28. The van der Waals surface area contributed by atoms with E-state index in [1.807, 2.05) is 29.2 Å². The molecule has 1 aliphatic rings. The van der Waals surface area contributed by atoms with Gasteiger partial charge in [0.25, 0.3) is 5.89 Å². The molecule has 1 aromatic heterocycles. The number of rotatable bonds is 6. The standard InChI is InChI=1S/C23H24FN3O3/c1-29-20-10-3-2-6-16(20)11-12-21(28)27-13-5-8-18(15-27)22-25-23(30-26-22)17-7-4-9-19(24)14-17/h2-4,6-7,9-10,14,18H,5,8,11-13,15H2,1H3. The van der Waals surface area contributed by atoms with Gasteiger partial charge in [0, 0.05) is 31.0 Å². The summed E-state index contributed by atoms with van der Waals surface area (Å²) in [6.07, 6.45) is 2.83. The van der Waals surface area contributed by atoms with Crippen LogP contribution >= 0.6 is 0 Å². The number of likely N-dealkylation sites (tertiary alicyclic amines) is 1. The molecule has 1 saturated heterocycles. The zero-order valence-electron chi connectivity index (χ0n) is 16.9. The smallest absolute Gasteiger partial charge is 0.258 e. The Kier molecular flexibility index (Phi) is 6.07. The van der Waals surface area contributed by atoms with Gasteiger partial charge in [0.1, 0.15) is 11.6 Å². The molecule has 2 aromatic carbocycles. The molecule has 0 bridgehead atoms. The van der Waals surface area contributed by atoms with Crippen molar-refractivity contribution in [1.29, 1.82) is 0 Å². The normalized spacial score (nSPS) is 16.5. The quantitative estimate of drug-likeness (QED) is 0.610. The summed E-state index contributed by atoms with van der Waals surface area (Å²) < 4.78 is 24.2. The highest BCUT2D eigenvalue weighted by molar-refractivity contribution is 5.76. The number of benzene rings is 2. The summed E-state index contributed by atoms with van der Waals surface area (Å²) in [7, 11) is 1.64. The Morgan fingerprint density at radius 3 is 2.97 bits per heavy atom. The molecule has 0 spiro atoms. The van der Waals surface area contributed by atoms with Crippen LogP contribution in [0.25, 0.3) is 11.5 Å². The third-order valence-electron chi connectivity index (χ3n) is 5.45. The first kappa shape index (κ1) is 20.1. The van der Waals surface area contributed by atoms with Gasteiger partial charge < -0.3 is 14.2 Å². The van der Waals surface area contributed by atoms with E-state index in [9.17, 15) is 9.18 Å². The second-order valence-corrected chi connectivity index (χ2v) is 7.46. The minimum atomic E-state index is -0.350. The summed E-state index contributed by atoms with van der Waals surface area (Å²) in [5.41, 5.74) is 1.58. The van der Waals surface area contributed by atoms with E-state index in [0.29, 0.717) is 36.7 Å². The molecule has 4 rings (SSSR count). The lowest BCUT2D eigenvalue weighted by Gasteiger charge is -2.31. The fourth-order valence-electron chi connectivity index (χ4n) is 3.86. The summed E-state index contributed by atoms with van der Waals surface area (Å²) in [5, 5.41) is 4.09. The average molecular weight is 409 g/mol. The molecule has 0 saturated carbocycles. The zero-order chi connectivity index (χ0) is 20.9. The second kappa shape index (κ2) is 9.07. The molecule has 2 heterocycles. The fraction of sp³-hybridized carbons (Fsp3) is 0.348. The number of hydrogen-bond donors (Lipinski definition) is 0. The summed E-state index contributed by atoms with van der Waals surface area (Å²) in [6, 6.07) is 13.8. The van der Waals surface area contributed by atoms with Crippen LogP contribution in [0.3, 0.4) is 0 Å². The molecule has 6 nitrogen and oxygen atoms in total. The minimum Gasteiger partial charge on any atom is -0.496 e. The molecule has 0 radical (unpaired) electrons. The molecule has 7 heteroatoms. The maximum absolute atomic E-state index is 13.5. The number of aromatic nitrogens is 2. The monoisotopic (exact) mass is 409 g/mol. The van der Waals surface area contributed by atoms with Gasteiger partial charge in [-0.15, -0.1) is 0 Å². The Morgan fingerprint density at radius 2 is 2.13 bits per heavy atom. The van der Waals surface area contributed by atoms with Gasteiger partial charge >= 0.3 is 0 Å². The minimum absolute atomic E-state index is 0.0139. The Morgan fingerprint density at radius 1 is 1.27 bits per heavy atom. The number of piperidine rings is 1. The molecule has 0 N–H and O–H groups in total. The summed E-state index contributed by atoms with van der Waals surface area (Å²) in [5.74, 6) is 1.44. The van der Waals surface area contributed by atoms with Gasteiger partial charge in [0.2, 0.25) is 5.91 Å². The summed E-state index contributed by atoms with van der Waals surface area (Å²) in [6.45, 7) is 1.29. The molecule has 156 valence electrons. The number of halogens is 1. The average Bonchev–Trinajstić information content (AvgIpc) is 3.28. The lowest BCUT2D eigenvalue weighted by Crippen LogP contribution is -2.39. The molecular formula is C23H24FN3O3. The van der Waals surface area contributed by atoms with Gasteiger partial charge in [-0.05, 0) is 49.1 Å². The second-order valence-electron chi connectivity index (χ2n) is 7.46. The maximum atomic E-state index is 13.5. The molecule has 1 fully saturated rings. The van der Waals surface area contributed by atoms with Crippen molar-refractivity contribution in [1.82, 2.24) is 15.0 Å². The van der Waals surface area contributed by atoms with E-state index in [4.69, 9.17) is 9.26 Å². The molecular weight excluding hydrogens is 385 g/mol. The van der Waals surface area contributed by atoms with E-state index in [2.05, 4.69) is 10.1 Å². The van der Waals surface area contributed by atoms with Gasteiger partial charge in [-0.25, -0.2) is 4.39 Å². The van der Waals surface area contributed by atoms with Crippen molar-refractivity contribution in [3.63, 3.8) is 0 Å². The number of carbonyl (C=O) groups is 1. The topological polar surface area (TPSA) is 68.5 Å². The SMILES string of the molecule is COc1ccccc1CCC(=O)N1CCCC(c2noc(-c3cccc(F)c3)n2)C1. The highest BCUT2D eigenvalue weighted by Crippen LogP contribution is 2.28. The van der Waals surface area contributed by atoms with E-state index in [0.717, 1.165) is 30.7 Å². The van der Waals surface area contributed by atoms with Crippen LogP contribution in [0.15, 0.2) is 53.1 Å². The number of aryl methyl sites for hydroxylation is 1. The van der Waals surface area contributed by atoms with Crippen LogP contribution in [0, 0.1) is 5.82 Å². The van der Waals surface area contributed by atoms with Gasteiger partial charge in [-0.2, -0.15) is 4.98 Å². The van der Waals surface area contributed by atoms with Gasteiger partial charge in [-0.1, -0.05) is 29.4 Å². The summed E-state index contributed by atoms with van der Waals surface area (Å²) >= 11 is 0. The van der Waals surface area contributed by atoms with Crippen LogP contribution in [-0.4, -0.2) is 41.1 Å². The molecule has 30 heavy (non-hydrogen) atoms. The molecule has 1 amide bonds. The van der Waals surface area contributed by atoms with E-state index >= 15 is 0 Å². The van der Waals surface area contributed by atoms with Crippen LogP contribution in [0.5, 0.6) is 5.75 Å². The van der Waals surface area contributed by atoms with Crippen molar-refractivity contribution >= 4 is 5.91 Å². The number of amides is 1. The predicted molar refractivity (Wildman–Crippen MR) is 110 cm³/mol. The van der Waals surface area contributed by atoms with Crippen molar-refractivity contribution in [3.05, 3.63) is 65.7 Å². The Hall–Kier alpha value is -3.22. The van der Waals surface area contributed by atoms with E-state index in [1.165, 1.54) is 12.1 Å². The number of ether oxygens (including phenoxy) is 1. The van der Waals surface area contributed by atoms with Crippen LogP contribution < -0.4 is 4.74 Å². The first-order valence-electron chi connectivity index (χ1n) is 10.1. The first-order valence-corrected chi connectivity index (χ1v) is 10.1. The summed E-state index contributed by atoms with van der Waals surface area (Å²) in [4.78, 5) is 19.1. The largest absolute Gasteiger partial charge is 0.496 e. The van der Waals surface area contributed by atoms with Crippen LogP contribution in [0.4, 0.5) is 4.39 Å². The third-order valence-corrected chi connectivity index (χ3v) is 5.45. The number of methoxy groups -OCH3 is 1. The third kappa shape index (κ3) is 4.50. The van der Waals surface area contributed by atoms with Crippen molar-refractivity contribution < 1.29 is 18.4 Å². The zero-order valence-corrected chi connectivity index (χ0v) is 16.9. The lowest BCUT2D eigenvalue weighted by molar-refractivity contribution is -0.132. The Bertz CT molecular complexity index is 1020. The van der Waals surface area contributed by atoms with Crippen LogP contribution in [0.2, 0.25) is 0 Å². The van der Waals surface area contributed by atoms with Gasteiger partial charge in [0.05, 0.1) is 7.11 Å². The molecule has 0 aliphatic carbocycles. The van der Waals surface area contributed by atoms with Crippen molar-refractivity contribution in [3.8, 4) is 17.2 Å². The highest BCUT2D eigenvalue weighted by atomic mass is 19.1.